The number of carbonyl (C=O) groups is 1. The Morgan fingerprint density at radius 3 is 2.71 bits per heavy atom. The molecule has 24 heavy (non-hydrogen) atoms. The second kappa shape index (κ2) is 7.52. The van der Waals surface area contributed by atoms with Crippen LogP contribution in [0.15, 0.2) is 33.9 Å². The molecular formula is C15H15IN2O4S2. The molecule has 1 fully saturated rings. The third-order valence-corrected chi connectivity index (χ3v) is 7.11. The summed E-state index contributed by atoms with van der Waals surface area (Å²) in [4.78, 5) is 12.1. The largest absolute Gasteiger partial charge is 0.416 e. The van der Waals surface area contributed by atoms with Crippen molar-refractivity contribution in [2.24, 2.45) is 5.92 Å². The highest BCUT2D eigenvalue weighted by atomic mass is 127. The molecule has 1 aromatic carbocycles. The zero-order chi connectivity index (χ0) is 17.2. The Balaban J connectivity index is 1.52. The van der Waals surface area contributed by atoms with E-state index >= 15 is 0 Å². The van der Waals surface area contributed by atoms with Crippen LogP contribution < -0.4 is 0 Å². The Kier molecular flexibility index (Phi) is 5.60. The molecule has 128 valence electrons. The maximum absolute atomic E-state index is 12.1. The van der Waals surface area contributed by atoms with Crippen LogP contribution in [0.4, 0.5) is 0 Å². The molecule has 6 nitrogen and oxygen atoms in total. The molecule has 1 aliphatic heterocycles. The number of hydrogen-bond acceptors (Lipinski definition) is 7. The van der Waals surface area contributed by atoms with Crippen molar-refractivity contribution >= 4 is 50.0 Å². The van der Waals surface area contributed by atoms with Crippen molar-refractivity contribution in [3.05, 3.63) is 39.3 Å². The summed E-state index contributed by atoms with van der Waals surface area (Å²) in [5, 5.41) is 8.20. The Hall–Kier alpha value is -0.940. The molecule has 0 N–H and O–H groups in total. The molecule has 0 bridgehead atoms. The van der Waals surface area contributed by atoms with Gasteiger partial charge in [0.15, 0.2) is 15.6 Å². The van der Waals surface area contributed by atoms with Crippen LogP contribution in [0.25, 0.3) is 0 Å². The highest BCUT2D eigenvalue weighted by Crippen LogP contribution is 2.24. The Morgan fingerprint density at radius 2 is 2.04 bits per heavy atom. The zero-order valence-corrected chi connectivity index (χ0v) is 16.4. The normalized spacial score (nSPS) is 19.5. The molecule has 3 rings (SSSR count). The van der Waals surface area contributed by atoms with Crippen molar-refractivity contribution < 1.29 is 17.6 Å². The smallest absolute Gasteiger partial charge is 0.277 e. The van der Waals surface area contributed by atoms with Crippen LogP contribution in [0.2, 0.25) is 0 Å². The molecule has 1 unspecified atom stereocenters. The molecule has 1 aromatic heterocycles. The van der Waals surface area contributed by atoms with Crippen molar-refractivity contribution in [3.8, 4) is 0 Å². The van der Waals surface area contributed by atoms with Gasteiger partial charge >= 0.3 is 0 Å². The standard InChI is InChI=1S/C15H15IN2O4S2/c16-12-3-1-11(2-4-12)13(19)8-23-15-18-17-14(22-15)7-10-5-6-24(20,21)9-10/h1-4,10H,5-9H2. The van der Waals surface area contributed by atoms with Crippen molar-refractivity contribution in [3.63, 3.8) is 0 Å². The molecule has 2 heterocycles. The lowest BCUT2D eigenvalue weighted by Crippen LogP contribution is -2.07. The van der Waals surface area contributed by atoms with Gasteiger partial charge in [-0.15, -0.1) is 10.2 Å². The first-order chi connectivity index (χ1) is 11.4. The SMILES string of the molecule is O=C(CSc1nnc(CC2CCS(=O)(=O)C2)o1)c1ccc(I)cc1. The van der Waals surface area contributed by atoms with Crippen molar-refractivity contribution in [2.75, 3.05) is 17.3 Å². The molecule has 0 amide bonds. The summed E-state index contributed by atoms with van der Waals surface area (Å²) < 4.78 is 29.5. The number of benzene rings is 1. The van der Waals surface area contributed by atoms with E-state index in [9.17, 15) is 13.2 Å². The summed E-state index contributed by atoms with van der Waals surface area (Å²) in [6, 6.07) is 7.37. The summed E-state index contributed by atoms with van der Waals surface area (Å²) in [5.41, 5.74) is 0.652. The predicted molar refractivity (Wildman–Crippen MR) is 99.0 cm³/mol. The van der Waals surface area contributed by atoms with Crippen LogP contribution in [0, 0.1) is 9.49 Å². The highest BCUT2D eigenvalue weighted by Gasteiger charge is 2.29. The third-order valence-electron chi connectivity index (χ3n) is 3.73. The van der Waals surface area contributed by atoms with Crippen LogP contribution in [0.5, 0.6) is 0 Å². The summed E-state index contributed by atoms with van der Waals surface area (Å²) in [5.74, 6) is 1.11. The lowest BCUT2D eigenvalue weighted by molar-refractivity contribution is 0.102. The number of rotatable bonds is 6. The Labute approximate surface area is 157 Å². The van der Waals surface area contributed by atoms with Crippen molar-refractivity contribution in [1.29, 1.82) is 0 Å². The van der Waals surface area contributed by atoms with Gasteiger partial charge in [0, 0.05) is 15.6 Å². The molecule has 9 heteroatoms. The van der Waals surface area contributed by atoms with Gasteiger partial charge in [-0.05, 0) is 47.1 Å². The van der Waals surface area contributed by atoms with Gasteiger partial charge in [0.05, 0.1) is 17.3 Å². The topological polar surface area (TPSA) is 90.1 Å². The van der Waals surface area contributed by atoms with E-state index in [-0.39, 0.29) is 29.0 Å². The maximum Gasteiger partial charge on any atom is 0.277 e. The van der Waals surface area contributed by atoms with Crippen LogP contribution in [0.1, 0.15) is 22.7 Å². The van der Waals surface area contributed by atoms with Crippen molar-refractivity contribution in [1.82, 2.24) is 10.2 Å². The lowest BCUT2D eigenvalue weighted by Gasteiger charge is -2.02. The van der Waals surface area contributed by atoms with Crippen LogP contribution in [-0.4, -0.2) is 41.7 Å². The van der Waals surface area contributed by atoms with Crippen LogP contribution in [-0.2, 0) is 16.3 Å². The Bertz CT molecular complexity index is 833. The predicted octanol–water partition coefficient (Wildman–Crippen LogP) is 2.63. The van der Waals surface area contributed by atoms with Gasteiger partial charge < -0.3 is 4.42 Å². The van der Waals surface area contributed by atoms with E-state index in [4.69, 9.17) is 4.42 Å². The molecule has 0 aliphatic carbocycles. The zero-order valence-electron chi connectivity index (χ0n) is 12.6. The summed E-state index contributed by atoms with van der Waals surface area (Å²) in [6.07, 6.45) is 1.11. The summed E-state index contributed by atoms with van der Waals surface area (Å²) in [7, 11) is -2.90. The van der Waals surface area contributed by atoms with Crippen molar-refractivity contribution in [2.45, 2.75) is 18.1 Å². The van der Waals surface area contributed by atoms with Gasteiger partial charge in [-0.1, -0.05) is 23.9 Å². The third kappa shape index (κ3) is 4.79. The lowest BCUT2D eigenvalue weighted by atomic mass is 10.1. The second-order valence-corrected chi connectivity index (χ2v) is 10.1. The fraction of sp³-hybridized carbons (Fsp3) is 0.400. The van der Waals surface area contributed by atoms with Gasteiger partial charge in [-0.3, -0.25) is 4.79 Å². The number of Topliss-reactive ketones (excluding diaryl/α,β-unsaturated/α-hetero) is 1. The van der Waals surface area contributed by atoms with Gasteiger partial charge in [0.1, 0.15) is 0 Å². The number of carbonyl (C=O) groups excluding carboxylic acids is 1. The number of ketones is 1. The summed E-state index contributed by atoms with van der Waals surface area (Å²) >= 11 is 3.38. The number of nitrogens with zero attached hydrogens (tertiary/aromatic N) is 2. The molecular weight excluding hydrogens is 463 g/mol. The minimum atomic E-state index is -2.90. The average molecular weight is 478 g/mol. The summed E-state index contributed by atoms with van der Waals surface area (Å²) in [6.45, 7) is 0. The molecule has 0 radical (unpaired) electrons. The monoisotopic (exact) mass is 478 g/mol. The van der Waals surface area contributed by atoms with E-state index in [2.05, 4.69) is 32.8 Å². The second-order valence-electron chi connectivity index (χ2n) is 5.65. The molecule has 0 spiro atoms. The minimum absolute atomic E-state index is 0.00182. The molecule has 1 aliphatic rings. The van der Waals surface area contributed by atoms with E-state index in [1.165, 1.54) is 11.8 Å². The molecule has 1 atom stereocenters. The quantitative estimate of drug-likeness (QED) is 0.358. The minimum Gasteiger partial charge on any atom is -0.416 e. The number of halogens is 1. The fourth-order valence-electron chi connectivity index (χ4n) is 2.51. The van der Waals surface area contributed by atoms with Gasteiger partial charge in [-0.25, -0.2) is 8.42 Å². The van der Waals surface area contributed by atoms with Crippen LogP contribution >= 0.6 is 34.4 Å². The Morgan fingerprint density at radius 1 is 1.29 bits per heavy atom. The van der Waals surface area contributed by atoms with E-state index in [0.29, 0.717) is 29.5 Å². The number of aromatic nitrogens is 2. The molecule has 0 saturated carbocycles. The van der Waals surface area contributed by atoms with Gasteiger partial charge in [-0.2, -0.15) is 0 Å². The first-order valence-corrected chi connectivity index (χ1v) is 11.2. The van der Waals surface area contributed by atoms with E-state index < -0.39 is 9.84 Å². The van der Waals surface area contributed by atoms with Gasteiger partial charge in [0.25, 0.3) is 5.22 Å². The van der Waals surface area contributed by atoms with Crippen LogP contribution in [0.3, 0.4) is 0 Å². The molecule has 1 saturated heterocycles. The number of sulfone groups is 1. The molecule has 2 aromatic rings. The number of hydrogen-bond donors (Lipinski definition) is 0. The maximum atomic E-state index is 12.1. The number of thioether (sulfide) groups is 1. The highest BCUT2D eigenvalue weighted by molar-refractivity contribution is 14.1. The van der Waals surface area contributed by atoms with E-state index in [1.54, 1.807) is 12.1 Å². The van der Waals surface area contributed by atoms with E-state index in [0.717, 1.165) is 3.57 Å². The first kappa shape index (κ1) is 17.9. The average Bonchev–Trinajstić information content (AvgIpc) is 3.12. The van der Waals surface area contributed by atoms with E-state index in [1.807, 2.05) is 12.1 Å². The van der Waals surface area contributed by atoms with Gasteiger partial charge in [0.2, 0.25) is 5.89 Å². The fourth-order valence-corrected chi connectivity index (χ4v) is 5.40. The first-order valence-electron chi connectivity index (χ1n) is 7.36.